The highest BCUT2D eigenvalue weighted by atomic mass is 32.2. The number of hydrogen-bond acceptors (Lipinski definition) is 5. The van der Waals surface area contributed by atoms with Crippen LogP contribution in [-0.4, -0.2) is 15.5 Å². The number of fused-ring (bicyclic) bond motifs is 3. The van der Waals surface area contributed by atoms with Gasteiger partial charge in [-0.2, -0.15) is 5.26 Å². The Balaban J connectivity index is 2.52. The summed E-state index contributed by atoms with van der Waals surface area (Å²) in [6, 6.07) is 8.34. The Bertz CT molecular complexity index is 923. The van der Waals surface area contributed by atoms with E-state index in [2.05, 4.69) is 0 Å². The van der Waals surface area contributed by atoms with Crippen molar-refractivity contribution in [2.75, 3.05) is 11.4 Å². The fourth-order valence-corrected chi connectivity index (χ4v) is 4.73. The van der Waals surface area contributed by atoms with Gasteiger partial charge in [-0.25, -0.2) is 8.42 Å². The smallest absolute Gasteiger partial charge is 0.264 e. The van der Waals surface area contributed by atoms with Crippen molar-refractivity contribution in [2.24, 2.45) is 0 Å². The standard InChI is InChI=1S/C13H8N2O3S2/c1-15-11-12(16)8(6-14)7-19-13(11)9-4-2-3-5-10(9)20(15,17)18/h2-5,7H,1H3. The molecule has 1 aliphatic heterocycles. The average molecular weight is 304 g/mol. The Morgan fingerprint density at radius 2 is 2.00 bits per heavy atom. The minimum atomic E-state index is -3.75. The predicted molar refractivity (Wildman–Crippen MR) is 76.3 cm³/mol. The van der Waals surface area contributed by atoms with Crippen LogP contribution in [0.25, 0.3) is 10.4 Å². The number of hydrogen-bond donors (Lipinski definition) is 0. The van der Waals surface area contributed by atoms with E-state index >= 15 is 0 Å². The predicted octanol–water partition coefficient (Wildman–Crippen LogP) is 1.79. The summed E-state index contributed by atoms with van der Waals surface area (Å²) in [6.07, 6.45) is 0. The van der Waals surface area contributed by atoms with E-state index in [0.29, 0.717) is 10.4 Å². The van der Waals surface area contributed by atoms with E-state index in [1.165, 1.54) is 29.8 Å². The Hall–Kier alpha value is -2.17. The summed E-state index contributed by atoms with van der Waals surface area (Å²) in [7, 11) is -2.42. The zero-order chi connectivity index (χ0) is 14.5. The normalized spacial score (nSPS) is 15.1. The van der Waals surface area contributed by atoms with E-state index in [1.54, 1.807) is 24.3 Å². The SMILES string of the molecule is CN1c2c(scc(C#N)c2=O)-c2ccccc2S1(=O)=O. The van der Waals surface area contributed by atoms with Crippen LogP contribution < -0.4 is 9.73 Å². The summed E-state index contributed by atoms with van der Waals surface area (Å²) in [4.78, 5) is 13.0. The lowest BCUT2D eigenvalue weighted by atomic mass is 10.1. The second kappa shape index (κ2) is 4.16. The molecule has 0 atom stereocenters. The molecule has 2 heterocycles. The molecular weight excluding hydrogens is 296 g/mol. The maximum atomic E-state index is 12.4. The molecule has 1 aromatic carbocycles. The van der Waals surface area contributed by atoms with Gasteiger partial charge in [0, 0.05) is 18.0 Å². The fourth-order valence-electron chi connectivity index (χ4n) is 2.16. The first-order valence-electron chi connectivity index (χ1n) is 5.62. The largest absolute Gasteiger partial charge is 0.286 e. The van der Waals surface area contributed by atoms with Gasteiger partial charge in [0.15, 0.2) is 0 Å². The van der Waals surface area contributed by atoms with Gasteiger partial charge >= 0.3 is 0 Å². The van der Waals surface area contributed by atoms with Gasteiger partial charge in [0.25, 0.3) is 10.0 Å². The van der Waals surface area contributed by atoms with Crippen LogP contribution in [0.1, 0.15) is 5.56 Å². The Morgan fingerprint density at radius 1 is 1.30 bits per heavy atom. The molecule has 100 valence electrons. The van der Waals surface area contributed by atoms with Crippen LogP contribution in [0.4, 0.5) is 5.69 Å². The van der Waals surface area contributed by atoms with Crippen molar-refractivity contribution < 1.29 is 8.42 Å². The van der Waals surface area contributed by atoms with Crippen LogP contribution >= 0.6 is 11.3 Å². The zero-order valence-corrected chi connectivity index (χ0v) is 12.0. The number of nitrogens with zero attached hydrogens (tertiary/aromatic N) is 2. The maximum absolute atomic E-state index is 12.4. The summed E-state index contributed by atoms with van der Waals surface area (Å²) < 4.78 is 25.8. The molecule has 5 nitrogen and oxygen atoms in total. The summed E-state index contributed by atoms with van der Waals surface area (Å²) in [6.45, 7) is 0. The molecule has 1 aliphatic rings. The first-order valence-corrected chi connectivity index (χ1v) is 7.94. The van der Waals surface area contributed by atoms with Gasteiger partial charge in [-0.1, -0.05) is 18.2 Å². The van der Waals surface area contributed by atoms with Crippen LogP contribution in [0.2, 0.25) is 0 Å². The first kappa shape index (κ1) is 12.8. The molecule has 0 amide bonds. The summed E-state index contributed by atoms with van der Waals surface area (Å²) in [5, 5.41) is 10.4. The van der Waals surface area contributed by atoms with Crippen LogP contribution in [0.3, 0.4) is 0 Å². The molecule has 0 radical (unpaired) electrons. The van der Waals surface area contributed by atoms with Crippen molar-refractivity contribution in [1.29, 1.82) is 5.26 Å². The van der Waals surface area contributed by atoms with Crippen LogP contribution in [0.5, 0.6) is 0 Å². The van der Waals surface area contributed by atoms with Crippen LogP contribution in [0.15, 0.2) is 39.3 Å². The Kier molecular flexibility index (Phi) is 2.67. The molecule has 1 aromatic heterocycles. The molecule has 7 heteroatoms. The molecule has 0 bridgehead atoms. The first-order chi connectivity index (χ1) is 9.48. The average Bonchev–Trinajstić information content (AvgIpc) is 2.45. The molecule has 3 rings (SSSR count). The van der Waals surface area contributed by atoms with Crippen LogP contribution in [-0.2, 0) is 10.0 Å². The minimum absolute atomic E-state index is 0.0461. The van der Waals surface area contributed by atoms with Gasteiger partial charge in [0.05, 0.1) is 9.77 Å². The second-order valence-corrected chi connectivity index (χ2v) is 7.05. The lowest BCUT2D eigenvalue weighted by Crippen LogP contribution is -2.34. The molecular formula is C13H8N2O3S2. The summed E-state index contributed by atoms with van der Waals surface area (Å²) >= 11 is 1.20. The second-order valence-electron chi connectivity index (χ2n) is 4.24. The lowest BCUT2D eigenvalue weighted by Gasteiger charge is -2.27. The van der Waals surface area contributed by atoms with E-state index in [4.69, 9.17) is 5.26 Å². The highest BCUT2D eigenvalue weighted by molar-refractivity contribution is 7.93. The Morgan fingerprint density at radius 3 is 2.70 bits per heavy atom. The third kappa shape index (κ3) is 1.52. The fraction of sp³-hybridized carbons (Fsp3) is 0.0769. The molecule has 0 N–H and O–H groups in total. The maximum Gasteiger partial charge on any atom is 0.264 e. The highest BCUT2D eigenvalue weighted by Crippen LogP contribution is 2.42. The van der Waals surface area contributed by atoms with E-state index in [-0.39, 0.29) is 16.1 Å². The topological polar surface area (TPSA) is 78.2 Å². The zero-order valence-electron chi connectivity index (χ0n) is 10.3. The van der Waals surface area contributed by atoms with Crippen molar-refractivity contribution in [3.05, 3.63) is 45.4 Å². The van der Waals surface area contributed by atoms with Gasteiger partial charge in [0.2, 0.25) is 5.43 Å². The minimum Gasteiger partial charge on any atom is -0.286 e. The van der Waals surface area contributed by atoms with Gasteiger partial charge in [-0.05, 0) is 6.07 Å². The molecule has 0 fully saturated rings. The van der Waals surface area contributed by atoms with E-state index in [9.17, 15) is 13.2 Å². The monoisotopic (exact) mass is 304 g/mol. The molecule has 0 spiro atoms. The highest BCUT2D eigenvalue weighted by Gasteiger charge is 2.35. The molecule has 0 saturated carbocycles. The number of nitriles is 1. The number of sulfonamides is 1. The Labute approximate surface area is 119 Å². The van der Waals surface area contributed by atoms with E-state index < -0.39 is 15.5 Å². The van der Waals surface area contributed by atoms with E-state index in [0.717, 1.165) is 4.31 Å². The lowest BCUT2D eigenvalue weighted by molar-refractivity contribution is 0.594. The van der Waals surface area contributed by atoms with Gasteiger partial charge in [0.1, 0.15) is 17.3 Å². The molecule has 2 aromatic rings. The van der Waals surface area contributed by atoms with Crippen molar-refractivity contribution in [1.82, 2.24) is 0 Å². The molecule has 20 heavy (non-hydrogen) atoms. The molecule has 0 saturated heterocycles. The van der Waals surface area contributed by atoms with Crippen molar-refractivity contribution in [2.45, 2.75) is 4.90 Å². The van der Waals surface area contributed by atoms with Crippen molar-refractivity contribution in [3.8, 4) is 16.5 Å². The van der Waals surface area contributed by atoms with Crippen molar-refractivity contribution in [3.63, 3.8) is 0 Å². The third-order valence-corrected chi connectivity index (χ3v) is 5.99. The number of benzene rings is 1. The van der Waals surface area contributed by atoms with Gasteiger partial charge < -0.3 is 0 Å². The van der Waals surface area contributed by atoms with Gasteiger partial charge in [-0.15, -0.1) is 11.3 Å². The number of anilines is 1. The molecule has 0 unspecified atom stereocenters. The quantitative estimate of drug-likeness (QED) is 0.743. The van der Waals surface area contributed by atoms with Gasteiger partial charge in [-0.3, -0.25) is 9.10 Å². The van der Waals surface area contributed by atoms with Crippen LogP contribution in [0, 0.1) is 11.3 Å². The summed E-state index contributed by atoms with van der Waals surface area (Å²) in [5.41, 5.74) is -0.0445. The third-order valence-electron chi connectivity index (χ3n) is 3.17. The number of rotatable bonds is 0. The van der Waals surface area contributed by atoms with Crippen molar-refractivity contribution >= 4 is 27.0 Å². The summed E-state index contributed by atoms with van der Waals surface area (Å²) in [5.74, 6) is 0. The van der Waals surface area contributed by atoms with E-state index in [1.807, 2.05) is 0 Å². The molecule has 0 aliphatic carbocycles.